The molecule has 1 aromatic heterocycles. The average molecular weight is 337 g/mol. The molecule has 0 aromatic carbocycles. The van der Waals surface area contributed by atoms with Gasteiger partial charge in [-0.25, -0.2) is 0 Å². The molecule has 1 amide bonds. The summed E-state index contributed by atoms with van der Waals surface area (Å²) in [4.78, 5) is 12.6. The fourth-order valence-electron chi connectivity index (χ4n) is 1.82. The number of alkyl halides is 1. The summed E-state index contributed by atoms with van der Waals surface area (Å²) in [6.45, 7) is 2.69. The van der Waals surface area contributed by atoms with Crippen LogP contribution in [0.4, 0.5) is 0 Å². The molecule has 1 fully saturated rings. The first-order chi connectivity index (χ1) is 8.08. The van der Waals surface area contributed by atoms with Gasteiger partial charge in [0.15, 0.2) is 0 Å². The topological polar surface area (TPSA) is 29.1 Å². The standard InChI is InChI=1S/C12H15BrClNOS/c1-8-6-17-10(9(8)14)11(16)15-7-12(2-3-12)4-5-13/h6H,2-5,7H2,1H3,(H,15,16). The lowest BCUT2D eigenvalue weighted by atomic mass is 10.0. The van der Waals surface area contributed by atoms with Crippen LogP contribution in [0.25, 0.3) is 0 Å². The Morgan fingerprint density at radius 2 is 2.35 bits per heavy atom. The van der Waals surface area contributed by atoms with Crippen LogP contribution < -0.4 is 5.32 Å². The number of hydrogen-bond donors (Lipinski definition) is 1. The third kappa shape index (κ3) is 3.04. The van der Waals surface area contributed by atoms with Gasteiger partial charge in [0.1, 0.15) is 4.88 Å². The summed E-state index contributed by atoms with van der Waals surface area (Å²) in [7, 11) is 0. The fraction of sp³-hybridized carbons (Fsp3) is 0.583. The Morgan fingerprint density at radius 3 is 2.82 bits per heavy atom. The third-order valence-electron chi connectivity index (χ3n) is 3.31. The van der Waals surface area contributed by atoms with Crippen LogP contribution in [-0.2, 0) is 0 Å². The number of halogens is 2. The van der Waals surface area contributed by atoms with E-state index in [1.165, 1.54) is 24.2 Å². The molecule has 1 N–H and O–H groups in total. The van der Waals surface area contributed by atoms with E-state index in [0.29, 0.717) is 15.3 Å². The summed E-state index contributed by atoms with van der Waals surface area (Å²) in [6, 6.07) is 0. The van der Waals surface area contributed by atoms with Crippen LogP contribution in [0.15, 0.2) is 5.38 Å². The summed E-state index contributed by atoms with van der Waals surface area (Å²) in [6.07, 6.45) is 3.57. The summed E-state index contributed by atoms with van der Waals surface area (Å²) < 4.78 is 0. The minimum Gasteiger partial charge on any atom is -0.351 e. The highest BCUT2D eigenvalue weighted by molar-refractivity contribution is 9.09. The van der Waals surface area contributed by atoms with Crippen LogP contribution in [0.5, 0.6) is 0 Å². The molecule has 0 aliphatic heterocycles. The fourth-order valence-corrected chi connectivity index (χ4v) is 3.86. The molecular weight excluding hydrogens is 322 g/mol. The Kier molecular flexibility index (Phi) is 4.16. The number of amides is 1. The Hall–Kier alpha value is -0.0600. The maximum atomic E-state index is 12.0. The molecule has 94 valence electrons. The molecule has 2 nitrogen and oxygen atoms in total. The van der Waals surface area contributed by atoms with Crippen molar-refractivity contribution in [3.8, 4) is 0 Å². The number of thiophene rings is 1. The molecule has 0 saturated heterocycles. The Labute approximate surface area is 119 Å². The van der Waals surface area contributed by atoms with Crippen molar-refractivity contribution in [1.82, 2.24) is 5.32 Å². The second kappa shape index (κ2) is 5.29. The van der Waals surface area contributed by atoms with Crippen molar-refractivity contribution in [1.29, 1.82) is 0 Å². The average Bonchev–Trinajstić information content (AvgIpc) is 2.99. The minimum atomic E-state index is -0.0334. The summed E-state index contributed by atoms with van der Waals surface area (Å²) in [5.74, 6) is -0.0334. The van der Waals surface area contributed by atoms with Crippen molar-refractivity contribution in [3.05, 3.63) is 20.8 Å². The number of carbonyl (C=O) groups is 1. The smallest absolute Gasteiger partial charge is 0.262 e. The number of aryl methyl sites for hydroxylation is 1. The lowest BCUT2D eigenvalue weighted by Gasteiger charge is -2.14. The summed E-state index contributed by atoms with van der Waals surface area (Å²) >= 11 is 10.9. The van der Waals surface area contributed by atoms with Gasteiger partial charge in [0.25, 0.3) is 5.91 Å². The van der Waals surface area contributed by atoms with Crippen molar-refractivity contribution in [2.75, 3.05) is 11.9 Å². The maximum absolute atomic E-state index is 12.0. The van der Waals surface area contributed by atoms with Gasteiger partial charge in [-0.05, 0) is 42.5 Å². The van der Waals surface area contributed by atoms with Crippen LogP contribution in [0.1, 0.15) is 34.5 Å². The lowest BCUT2D eigenvalue weighted by Crippen LogP contribution is -2.30. The van der Waals surface area contributed by atoms with E-state index in [2.05, 4.69) is 21.2 Å². The van der Waals surface area contributed by atoms with Crippen LogP contribution in [0.3, 0.4) is 0 Å². The number of carbonyl (C=O) groups excluding carboxylic acids is 1. The van der Waals surface area contributed by atoms with Crippen LogP contribution in [0.2, 0.25) is 5.02 Å². The second-order valence-electron chi connectivity index (χ2n) is 4.68. The van der Waals surface area contributed by atoms with E-state index in [1.54, 1.807) is 0 Å². The predicted molar refractivity (Wildman–Crippen MR) is 76.5 cm³/mol. The van der Waals surface area contributed by atoms with Gasteiger partial charge in [-0.3, -0.25) is 4.79 Å². The molecule has 1 aliphatic carbocycles. The van der Waals surface area contributed by atoms with E-state index in [9.17, 15) is 4.79 Å². The van der Waals surface area contributed by atoms with Crippen molar-refractivity contribution in [3.63, 3.8) is 0 Å². The molecule has 0 spiro atoms. The van der Waals surface area contributed by atoms with Gasteiger partial charge in [0, 0.05) is 11.9 Å². The molecule has 0 unspecified atom stereocenters. The largest absolute Gasteiger partial charge is 0.351 e. The first kappa shape index (κ1) is 13.4. The SMILES string of the molecule is Cc1csc(C(=O)NCC2(CCBr)CC2)c1Cl. The molecule has 1 aromatic rings. The van der Waals surface area contributed by atoms with Crippen LogP contribution in [0, 0.1) is 12.3 Å². The van der Waals surface area contributed by atoms with E-state index in [1.807, 2.05) is 12.3 Å². The van der Waals surface area contributed by atoms with Gasteiger partial charge in [-0.1, -0.05) is 27.5 Å². The lowest BCUT2D eigenvalue weighted by molar-refractivity contribution is 0.0948. The van der Waals surface area contributed by atoms with Gasteiger partial charge in [0.05, 0.1) is 5.02 Å². The second-order valence-corrected chi connectivity index (χ2v) is 6.73. The highest BCUT2D eigenvalue weighted by Crippen LogP contribution is 2.48. The van der Waals surface area contributed by atoms with E-state index in [-0.39, 0.29) is 5.91 Å². The molecule has 1 heterocycles. The van der Waals surface area contributed by atoms with E-state index < -0.39 is 0 Å². The van der Waals surface area contributed by atoms with Crippen molar-refractivity contribution >= 4 is 44.8 Å². The Morgan fingerprint density at radius 1 is 1.65 bits per heavy atom. The normalized spacial score (nSPS) is 16.9. The third-order valence-corrected chi connectivity index (χ3v) is 5.40. The van der Waals surface area contributed by atoms with Gasteiger partial charge in [0.2, 0.25) is 0 Å². The zero-order valence-corrected chi connectivity index (χ0v) is 12.8. The maximum Gasteiger partial charge on any atom is 0.262 e. The predicted octanol–water partition coefficient (Wildman–Crippen LogP) is 4.00. The monoisotopic (exact) mass is 335 g/mol. The summed E-state index contributed by atoms with van der Waals surface area (Å²) in [5, 5.41) is 6.52. The van der Waals surface area contributed by atoms with E-state index in [4.69, 9.17) is 11.6 Å². The van der Waals surface area contributed by atoms with Crippen molar-refractivity contribution < 1.29 is 4.79 Å². The Balaban J connectivity index is 1.92. The first-order valence-electron chi connectivity index (χ1n) is 5.66. The van der Waals surface area contributed by atoms with Crippen LogP contribution in [-0.4, -0.2) is 17.8 Å². The molecule has 0 atom stereocenters. The van der Waals surface area contributed by atoms with Crippen LogP contribution >= 0.6 is 38.9 Å². The highest BCUT2D eigenvalue weighted by Gasteiger charge is 2.41. The molecule has 17 heavy (non-hydrogen) atoms. The molecule has 5 heteroatoms. The van der Waals surface area contributed by atoms with Gasteiger partial charge < -0.3 is 5.32 Å². The van der Waals surface area contributed by atoms with Crippen molar-refractivity contribution in [2.24, 2.45) is 5.41 Å². The van der Waals surface area contributed by atoms with E-state index >= 15 is 0 Å². The van der Waals surface area contributed by atoms with Crippen molar-refractivity contribution in [2.45, 2.75) is 26.2 Å². The molecule has 0 bridgehead atoms. The van der Waals surface area contributed by atoms with E-state index in [0.717, 1.165) is 23.9 Å². The molecule has 1 aliphatic rings. The molecule has 1 saturated carbocycles. The zero-order chi connectivity index (χ0) is 12.5. The quantitative estimate of drug-likeness (QED) is 0.809. The number of nitrogens with one attached hydrogen (secondary N) is 1. The highest BCUT2D eigenvalue weighted by atomic mass is 79.9. The zero-order valence-electron chi connectivity index (χ0n) is 9.69. The molecule has 0 radical (unpaired) electrons. The van der Waals surface area contributed by atoms with Gasteiger partial charge in [-0.15, -0.1) is 11.3 Å². The molecular formula is C12H15BrClNOS. The number of rotatable bonds is 5. The minimum absolute atomic E-state index is 0.0334. The first-order valence-corrected chi connectivity index (χ1v) is 8.04. The van der Waals surface area contributed by atoms with Gasteiger partial charge >= 0.3 is 0 Å². The number of hydrogen-bond acceptors (Lipinski definition) is 2. The van der Waals surface area contributed by atoms with Gasteiger partial charge in [-0.2, -0.15) is 0 Å². The molecule has 2 rings (SSSR count). The Bertz CT molecular complexity index is 428. The summed E-state index contributed by atoms with van der Waals surface area (Å²) in [5.41, 5.74) is 1.32.